The first kappa shape index (κ1) is 32.2. The van der Waals surface area contributed by atoms with Gasteiger partial charge in [0.15, 0.2) is 17.5 Å². The van der Waals surface area contributed by atoms with Crippen molar-refractivity contribution in [2.45, 2.75) is 0 Å². The summed E-state index contributed by atoms with van der Waals surface area (Å²) in [7, 11) is 0. The number of nitrogens with zero attached hydrogens (tertiary/aromatic N) is 4. The standard InChI is InChI=1S/C51H32N4S/c1-3-16-33(17-4-1)36-20-7-8-21-37(36)38-22-9-10-24-41(38)50-52-49(53-51(54-50)43-26-15-29-47-48(43)42-25-12-14-28-46(42)56-47)34-30-31-40-39-23-11-13-27-44(39)55(45(40)32-34)35-18-5-2-6-19-35/h1-32H. The number of aromatic nitrogens is 4. The summed E-state index contributed by atoms with van der Waals surface area (Å²) in [6.07, 6.45) is 0. The third-order valence-electron chi connectivity index (χ3n) is 10.7. The van der Waals surface area contributed by atoms with Crippen LogP contribution < -0.4 is 0 Å². The molecule has 0 fully saturated rings. The van der Waals surface area contributed by atoms with E-state index in [2.05, 4.69) is 199 Å². The van der Waals surface area contributed by atoms with Gasteiger partial charge in [-0.15, -0.1) is 11.3 Å². The second-order valence-electron chi connectivity index (χ2n) is 14.0. The fourth-order valence-electron chi connectivity index (χ4n) is 8.17. The van der Waals surface area contributed by atoms with Crippen molar-refractivity contribution in [3.05, 3.63) is 194 Å². The molecule has 262 valence electrons. The van der Waals surface area contributed by atoms with E-state index in [-0.39, 0.29) is 0 Å². The van der Waals surface area contributed by atoms with Gasteiger partial charge in [-0.25, -0.2) is 15.0 Å². The molecule has 11 rings (SSSR count). The summed E-state index contributed by atoms with van der Waals surface area (Å²) in [5.41, 5.74) is 10.7. The molecule has 5 heteroatoms. The summed E-state index contributed by atoms with van der Waals surface area (Å²) in [6, 6.07) is 68.5. The number of hydrogen-bond acceptors (Lipinski definition) is 4. The maximum absolute atomic E-state index is 5.36. The lowest BCUT2D eigenvalue weighted by Gasteiger charge is -2.15. The minimum atomic E-state index is 0.624. The van der Waals surface area contributed by atoms with Gasteiger partial charge in [-0.1, -0.05) is 158 Å². The van der Waals surface area contributed by atoms with Crippen LogP contribution in [0, 0.1) is 0 Å². The van der Waals surface area contributed by atoms with E-state index in [1.807, 2.05) is 0 Å². The summed E-state index contributed by atoms with van der Waals surface area (Å²) in [4.78, 5) is 16.1. The zero-order valence-corrected chi connectivity index (χ0v) is 31.0. The van der Waals surface area contributed by atoms with Crippen LogP contribution in [0.5, 0.6) is 0 Å². The van der Waals surface area contributed by atoms with Crippen LogP contribution >= 0.6 is 11.3 Å². The highest BCUT2D eigenvalue weighted by Gasteiger charge is 2.21. The second-order valence-corrected chi connectivity index (χ2v) is 15.0. The van der Waals surface area contributed by atoms with Crippen LogP contribution in [0.1, 0.15) is 0 Å². The Hall–Kier alpha value is -7.21. The highest BCUT2D eigenvalue weighted by atomic mass is 32.1. The molecule has 0 saturated carbocycles. The van der Waals surface area contributed by atoms with Crippen LogP contribution in [0.25, 0.3) is 104 Å². The molecule has 0 radical (unpaired) electrons. The molecule has 3 aromatic heterocycles. The third-order valence-corrected chi connectivity index (χ3v) is 11.8. The predicted molar refractivity (Wildman–Crippen MR) is 234 cm³/mol. The Kier molecular flexibility index (Phi) is 7.64. The van der Waals surface area contributed by atoms with Gasteiger partial charge in [0.1, 0.15) is 0 Å². The highest BCUT2D eigenvalue weighted by molar-refractivity contribution is 7.25. The molecular weight excluding hydrogens is 701 g/mol. The average molecular weight is 733 g/mol. The van der Waals surface area contributed by atoms with Crippen molar-refractivity contribution in [1.29, 1.82) is 0 Å². The van der Waals surface area contributed by atoms with Crippen molar-refractivity contribution in [1.82, 2.24) is 19.5 Å². The van der Waals surface area contributed by atoms with E-state index in [1.165, 1.54) is 30.9 Å². The van der Waals surface area contributed by atoms with Crippen molar-refractivity contribution in [2.24, 2.45) is 0 Å². The monoisotopic (exact) mass is 732 g/mol. The molecule has 11 aromatic rings. The molecular formula is C51H32N4S. The molecule has 0 spiro atoms. The predicted octanol–water partition coefficient (Wildman–Crippen LogP) is 13.7. The Morgan fingerprint density at radius 1 is 0.339 bits per heavy atom. The maximum atomic E-state index is 5.36. The number of rotatable bonds is 6. The first-order valence-electron chi connectivity index (χ1n) is 18.8. The van der Waals surface area contributed by atoms with E-state index in [9.17, 15) is 0 Å². The Bertz CT molecular complexity index is 3250. The van der Waals surface area contributed by atoms with E-state index in [1.54, 1.807) is 11.3 Å². The van der Waals surface area contributed by atoms with Crippen LogP contribution in [0.4, 0.5) is 0 Å². The first-order valence-corrected chi connectivity index (χ1v) is 19.6. The van der Waals surface area contributed by atoms with Crippen molar-refractivity contribution in [2.75, 3.05) is 0 Å². The molecule has 0 N–H and O–H groups in total. The molecule has 0 bridgehead atoms. The zero-order valence-electron chi connectivity index (χ0n) is 30.2. The molecule has 0 aliphatic rings. The smallest absolute Gasteiger partial charge is 0.164 e. The quantitative estimate of drug-likeness (QED) is 0.171. The third kappa shape index (κ3) is 5.32. The normalized spacial score (nSPS) is 11.6. The van der Waals surface area contributed by atoms with E-state index < -0.39 is 0 Å². The van der Waals surface area contributed by atoms with Crippen LogP contribution in [0.15, 0.2) is 194 Å². The van der Waals surface area contributed by atoms with Gasteiger partial charge in [-0.2, -0.15) is 0 Å². The summed E-state index contributed by atoms with van der Waals surface area (Å²) < 4.78 is 4.79. The molecule has 0 atom stereocenters. The van der Waals surface area contributed by atoms with Gasteiger partial charge in [0, 0.05) is 53.3 Å². The van der Waals surface area contributed by atoms with Gasteiger partial charge in [0.05, 0.1) is 11.0 Å². The van der Waals surface area contributed by atoms with Crippen molar-refractivity contribution in [3.63, 3.8) is 0 Å². The van der Waals surface area contributed by atoms with Gasteiger partial charge in [0.2, 0.25) is 0 Å². The molecule has 3 heterocycles. The Morgan fingerprint density at radius 3 is 1.70 bits per heavy atom. The Morgan fingerprint density at radius 2 is 0.893 bits per heavy atom. The molecule has 0 aliphatic carbocycles. The van der Waals surface area contributed by atoms with Crippen molar-refractivity contribution in [3.8, 4) is 62.1 Å². The van der Waals surface area contributed by atoms with Gasteiger partial charge < -0.3 is 4.57 Å². The van der Waals surface area contributed by atoms with Gasteiger partial charge in [-0.05, 0) is 58.7 Å². The average Bonchev–Trinajstić information content (AvgIpc) is 3.82. The van der Waals surface area contributed by atoms with E-state index in [4.69, 9.17) is 15.0 Å². The fraction of sp³-hybridized carbons (Fsp3) is 0. The summed E-state index contributed by atoms with van der Waals surface area (Å²) in [5.74, 6) is 1.90. The van der Waals surface area contributed by atoms with Crippen LogP contribution in [0.3, 0.4) is 0 Å². The van der Waals surface area contributed by atoms with Crippen LogP contribution in [-0.2, 0) is 0 Å². The molecule has 8 aromatic carbocycles. The lowest BCUT2D eigenvalue weighted by Crippen LogP contribution is -2.02. The summed E-state index contributed by atoms with van der Waals surface area (Å²) in [5, 5.41) is 4.76. The largest absolute Gasteiger partial charge is 0.309 e. The Labute approximate surface area is 327 Å². The number of benzene rings is 8. The zero-order chi connectivity index (χ0) is 37.0. The van der Waals surface area contributed by atoms with Gasteiger partial charge in [0.25, 0.3) is 0 Å². The number of thiophene rings is 1. The van der Waals surface area contributed by atoms with Gasteiger partial charge in [-0.3, -0.25) is 0 Å². The summed E-state index contributed by atoms with van der Waals surface area (Å²) in [6.45, 7) is 0. The fourth-order valence-corrected chi connectivity index (χ4v) is 9.30. The van der Waals surface area contributed by atoms with Crippen molar-refractivity contribution < 1.29 is 0 Å². The molecule has 0 saturated heterocycles. The number of hydrogen-bond donors (Lipinski definition) is 0. The Balaban J connectivity index is 1.18. The first-order chi connectivity index (χ1) is 27.8. The minimum Gasteiger partial charge on any atom is -0.309 e. The lowest BCUT2D eigenvalue weighted by molar-refractivity contribution is 1.08. The lowest BCUT2D eigenvalue weighted by atomic mass is 9.91. The second kappa shape index (κ2) is 13.3. The minimum absolute atomic E-state index is 0.624. The molecule has 56 heavy (non-hydrogen) atoms. The number of para-hydroxylation sites is 2. The van der Waals surface area contributed by atoms with Crippen molar-refractivity contribution >= 4 is 53.3 Å². The van der Waals surface area contributed by atoms with E-state index >= 15 is 0 Å². The van der Waals surface area contributed by atoms with Crippen LogP contribution in [-0.4, -0.2) is 19.5 Å². The van der Waals surface area contributed by atoms with Gasteiger partial charge >= 0.3 is 0 Å². The maximum Gasteiger partial charge on any atom is 0.164 e. The SMILES string of the molecule is c1ccc(-c2ccccc2-c2ccccc2-c2nc(-c3ccc4c5ccccc5n(-c5ccccc5)c4c3)nc(-c3cccc4sc5ccccc5c34)n2)cc1. The number of fused-ring (bicyclic) bond motifs is 6. The molecule has 0 amide bonds. The van der Waals surface area contributed by atoms with E-state index in [0.29, 0.717) is 17.5 Å². The molecule has 4 nitrogen and oxygen atoms in total. The molecule has 0 unspecified atom stereocenters. The molecule has 0 aliphatic heterocycles. The highest BCUT2D eigenvalue weighted by Crippen LogP contribution is 2.42. The topological polar surface area (TPSA) is 43.6 Å². The van der Waals surface area contributed by atoms with E-state index in [0.717, 1.165) is 55.7 Å². The summed E-state index contributed by atoms with van der Waals surface area (Å²) >= 11 is 1.80. The van der Waals surface area contributed by atoms with Crippen LogP contribution in [0.2, 0.25) is 0 Å².